The molecule has 102 valence electrons. The number of ether oxygens (including phenoxy) is 1. The predicted molar refractivity (Wildman–Crippen MR) is 60.9 cm³/mol. The minimum absolute atomic E-state index is 0.206. The Hall–Kier alpha value is -0.290. The van der Waals surface area contributed by atoms with Gasteiger partial charge in [-0.1, -0.05) is 13.3 Å². The van der Waals surface area contributed by atoms with Gasteiger partial charge in [-0.25, -0.2) is 0 Å². The second-order valence-electron chi connectivity index (χ2n) is 4.62. The lowest BCUT2D eigenvalue weighted by molar-refractivity contribution is -0.145. The summed E-state index contributed by atoms with van der Waals surface area (Å²) in [6.07, 6.45) is -0.504. The third-order valence-electron chi connectivity index (χ3n) is 3.29. The maximum atomic E-state index is 11.9. The topological polar surface area (TPSA) is 21.3 Å². The molecule has 0 heterocycles. The van der Waals surface area contributed by atoms with Gasteiger partial charge in [0, 0.05) is 12.6 Å². The fourth-order valence-electron chi connectivity index (χ4n) is 2.44. The van der Waals surface area contributed by atoms with Gasteiger partial charge in [-0.05, 0) is 31.7 Å². The van der Waals surface area contributed by atoms with E-state index in [4.69, 9.17) is 4.74 Å². The van der Waals surface area contributed by atoms with Gasteiger partial charge >= 0.3 is 6.18 Å². The zero-order chi connectivity index (χ0) is 12.7. The van der Waals surface area contributed by atoms with Crippen LogP contribution in [0.4, 0.5) is 13.2 Å². The summed E-state index contributed by atoms with van der Waals surface area (Å²) in [6.45, 7) is 3.27. The molecule has 0 bridgehead atoms. The molecule has 2 nitrogen and oxygen atoms in total. The molecular formula is C12H22F3NO. The van der Waals surface area contributed by atoms with Crippen molar-refractivity contribution in [1.29, 1.82) is 0 Å². The molecule has 0 saturated heterocycles. The lowest BCUT2D eigenvalue weighted by Gasteiger charge is -2.20. The van der Waals surface area contributed by atoms with Gasteiger partial charge in [0.2, 0.25) is 0 Å². The van der Waals surface area contributed by atoms with Gasteiger partial charge < -0.3 is 10.1 Å². The Labute approximate surface area is 101 Å². The van der Waals surface area contributed by atoms with Crippen molar-refractivity contribution in [1.82, 2.24) is 5.32 Å². The molecule has 0 aromatic carbocycles. The van der Waals surface area contributed by atoms with Crippen molar-refractivity contribution in [3.8, 4) is 0 Å². The van der Waals surface area contributed by atoms with E-state index in [1.54, 1.807) is 0 Å². The van der Waals surface area contributed by atoms with E-state index >= 15 is 0 Å². The van der Waals surface area contributed by atoms with E-state index in [-0.39, 0.29) is 6.61 Å². The van der Waals surface area contributed by atoms with Gasteiger partial charge in [0.25, 0.3) is 0 Å². The van der Waals surface area contributed by atoms with Crippen LogP contribution in [0, 0.1) is 5.92 Å². The second-order valence-corrected chi connectivity index (χ2v) is 4.62. The van der Waals surface area contributed by atoms with Crippen molar-refractivity contribution >= 4 is 0 Å². The Bertz CT molecular complexity index is 208. The first-order valence-corrected chi connectivity index (χ1v) is 6.41. The van der Waals surface area contributed by atoms with Crippen LogP contribution >= 0.6 is 0 Å². The van der Waals surface area contributed by atoms with Crippen LogP contribution in [-0.2, 0) is 4.74 Å². The second kappa shape index (κ2) is 7.21. The number of hydrogen-bond acceptors (Lipinski definition) is 2. The third kappa shape index (κ3) is 6.27. The predicted octanol–water partition coefficient (Wildman–Crippen LogP) is 3.12. The quantitative estimate of drug-likeness (QED) is 0.704. The third-order valence-corrected chi connectivity index (χ3v) is 3.29. The van der Waals surface area contributed by atoms with Crippen LogP contribution in [0.1, 0.15) is 39.0 Å². The highest BCUT2D eigenvalue weighted by atomic mass is 19.4. The molecule has 5 heteroatoms. The van der Waals surface area contributed by atoms with Gasteiger partial charge in [0.1, 0.15) is 0 Å². The summed E-state index contributed by atoms with van der Waals surface area (Å²) in [7, 11) is 0. The van der Waals surface area contributed by atoms with E-state index in [2.05, 4.69) is 12.2 Å². The fourth-order valence-corrected chi connectivity index (χ4v) is 2.44. The molecule has 0 radical (unpaired) electrons. The van der Waals surface area contributed by atoms with E-state index in [1.807, 2.05) is 0 Å². The van der Waals surface area contributed by atoms with Crippen LogP contribution in [0.15, 0.2) is 0 Å². The maximum absolute atomic E-state index is 11.9. The molecule has 1 aliphatic rings. The Balaban J connectivity index is 2.06. The van der Waals surface area contributed by atoms with E-state index in [0.29, 0.717) is 18.6 Å². The summed E-state index contributed by atoms with van der Waals surface area (Å²) < 4.78 is 40.6. The molecule has 0 amide bonds. The Kier molecular flexibility index (Phi) is 6.27. The van der Waals surface area contributed by atoms with Gasteiger partial charge in [-0.15, -0.1) is 0 Å². The minimum Gasteiger partial charge on any atom is -0.381 e. The van der Waals surface area contributed by atoms with Crippen LogP contribution in [0.5, 0.6) is 0 Å². The number of alkyl halides is 3. The molecule has 0 aliphatic heterocycles. The molecule has 17 heavy (non-hydrogen) atoms. The van der Waals surface area contributed by atoms with E-state index in [9.17, 15) is 13.2 Å². The summed E-state index contributed by atoms with van der Waals surface area (Å²) in [4.78, 5) is 0. The molecule has 1 rings (SSSR count). The first-order valence-electron chi connectivity index (χ1n) is 6.41. The number of rotatable bonds is 7. The zero-order valence-electron chi connectivity index (χ0n) is 10.4. The van der Waals surface area contributed by atoms with Crippen molar-refractivity contribution in [2.24, 2.45) is 5.92 Å². The summed E-state index contributed by atoms with van der Waals surface area (Å²) in [5.74, 6) is 0.570. The molecule has 0 spiro atoms. The van der Waals surface area contributed by atoms with Crippen LogP contribution in [0.25, 0.3) is 0 Å². The SMILES string of the molecule is CCNC1CCCC1CCOCCC(F)(F)F. The van der Waals surface area contributed by atoms with Gasteiger partial charge in [-0.3, -0.25) is 0 Å². The van der Waals surface area contributed by atoms with E-state index < -0.39 is 12.6 Å². The number of hydrogen-bond donors (Lipinski definition) is 1. The molecule has 2 unspecified atom stereocenters. The maximum Gasteiger partial charge on any atom is 0.391 e. The summed E-state index contributed by atoms with van der Waals surface area (Å²) in [6, 6.07) is 0.534. The van der Waals surface area contributed by atoms with Crippen LogP contribution in [0.2, 0.25) is 0 Å². The molecule has 1 N–H and O–H groups in total. The highest BCUT2D eigenvalue weighted by Crippen LogP contribution is 2.28. The molecule has 1 fully saturated rings. The van der Waals surface area contributed by atoms with Crippen LogP contribution < -0.4 is 5.32 Å². The van der Waals surface area contributed by atoms with Gasteiger partial charge in [-0.2, -0.15) is 13.2 Å². The first-order chi connectivity index (χ1) is 8.03. The Morgan fingerprint density at radius 3 is 2.65 bits per heavy atom. The van der Waals surface area contributed by atoms with Crippen molar-refractivity contribution < 1.29 is 17.9 Å². The number of nitrogens with one attached hydrogen (secondary N) is 1. The molecule has 1 saturated carbocycles. The zero-order valence-corrected chi connectivity index (χ0v) is 10.4. The van der Waals surface area contributed by atoms with E-state index in [1.165, 1.54) is 19.3 Å². The summed E-state index contributed by atoms with van der Waals surface area (Å²) >= 11 is 0. The van der Waals surface area contributed by atoms with Crippen molar-refractivity contribution in [2.45, 2.75) is 51.2 Å². The van der Waals surface area contributed by atoms with Crippen molar-refractivity contribution in [3.05, 3.63) is 0 Å². The molecular weight excluding hydrogens is 231 g/mol. The largest absolute Gasteiger partial charge is 0.391 e. The minimum atomic E-state index is -4.10. The number of halogens is 3. The highest BCUT2D eigenvalue weighted by molar-refractivity contribution is 4.82. The van der Waals surface area contributed by atoms with Gasteiger partial charge in [0.15, 0.2) is 0 Å². The van der Waals surface area contributed by atoms with Gasteiger partial charge in [0.05, 0.1) is 13.0 Å². The van der Waals surface area contributed by atoms with Crippen LogP contribution in [-0.4, -0.2) is 32.0 Å². The average Bonchev–Trinajstić information content (AvgIpc) is 2.64. The Morgan fingerprint density at radius 1 is 1.24 bits per heavy atom. The fraction of sp³-hybridized carbons (Fsp3) is 1.00. The normalized spacial score (nSPS) is 25.4. The average molecular weight is 253 g/mol. The monoisotopic (exact) mass is 253 g/mol. The molecule has 2 atom stereocenters. The summed E-state index contributed by atoms with van der Waals surface area (Å²) in [5, 5.41) is 3.42. The first kappa shape index (κ1) is 14.8. The smallest absolute Gasteiger partial charge is 0.381 e. The molecule has 1 aliphatic carbocycles. The summed E-state index contributed by atoms with van der Waals surface area (Å²) in [5.41, 5.74) is 0. The molecule has 0 aromatic rings. The molecule has 0 aromatic heterocycles. The lowest BCUT2D eigenvalue weighted by atomic mass is 10.00. The highest BCUT2D eigenvalue weighted by Gasteiger charge is 2.27. The standard InChI is InChI=1S/C12H22F3NO/c1-2-16-11-5-3-4-10(11)6-8-17-9-7-12(13,14)15/h10-11,16H,2-9H2,1H3. The van der Waals surface area contributed by atoms with Crippen molar-refractivity contribution in [3.63, 3.8) is 0 Å². The van der Waals surface area contributed by atoms with Crippen molar-refractivity contribution in [2.75, 3.05) is 19.8 Å². The Morgan fingerprint density at radius 2 is 2.00 bits per heavy atom. The lowest BCUT2D eigenvalue weighted by Crippen LogP contribution is -2.32. The van der Waals surface area contributed by atoms with E-state index in [0.717, 1.165) is 13.0 Å². The van der Waals surface area contributed by atoms with Crippen LogP contribution in [0.3, 0.4) is 0 Å².